The van der Waals surface area contributed by atoms with Gasteiger partial charge in [-0.1, -0.05) is 0 Å². The van der Waals surface area contributed by atoms with E-state index in [1.165, 1.54) is 40.9 Å². The molecule has 2 aliphatic rings. The number of fused-ring (bicyclic) bond motifs is 1. The Balaban J connectivity index is 1.68. The highest BCUT2D eigenvalue weighted by Gasteiger charge is 2.51. The van der Waals surface area contributed by atoms with Crippen LogP contribution in [-0.2, 0) is 20.9 Å². The van der Waals surface area contributed by atoms with Crippen LogP contribution in [0, 0.1) is 10.1 Å². The molecule has 1 aromatic carbocycles. The van der Waals surface area contributed by atoms with Crippen LogP contribution in [0.1, 0.15) is 12.5 Å². The van der Waals surface area contributed by atoms with Crippen molar-refractivity contribution >= 4 is 29.3 Å². The van der Waals surface area contributed by atoms with Crippen LogP contribution in [-0.4, -0.2) is 38.9 Å². The predicted molar refractivity (Wildman–Crippen MR) is 86.7 cm³/mol. The number of amides is 1. The molecule has 2 N–H and O–H groups in total. The van der Waals surface area contributed by atoms with Gasteiger partial charge in [-0.05, 0) is 30.2 Å². The summed E-state index contributed by atoms with van der Waals surface area (Å²) in [6.45, 7) is 1.75. The fraction of sp³-hybridized carbons (Fsp3) is 0.333. The lowest BCUT2D eigenvalue weighted by molar-refractivity contribution is -0.384. The maximum absolute atomic E-state index is 12.4. The van der Waals surface area contributed by atoms with Crippen LogP contribution < -0.4 is 5.73 Å². The molecule has 0 saturated carbocycles. The van der Waals surface area contributed by atoms with E-state index in [0.717, 1.165) is 5.57 Å². The average Bonchev–Trinajstić information content (AvgIpc) is 2.59. The molecule has 1 aromatic rings. The molecule has 2 heterocycles. The van der Waals surface area contributed by atoms with Gasteiger partial charge in [0.1, 0.15) is 23.7 Å². The van der Waals surface area contributed by atoms with Crippen LogP contribution in [0.25, 0.3) is 0 Å². The van der Waals surface area contributed by atoms with Crippen molar-refractivity contribution < 1.29 is 19.2 Å². The molecular formula is C15H15N3O5S. The van der Waals surface area contributed by atoms with Crippen molar-refractivity contribution in [3.63, 3.8) is 0 Å². The Morgan fingerprint density at radius 2 is 2.12 bits per heavy atom. The highest BCUT2D eigenvalue weighted by Crippen LogP contribution is 2.39. The third kappa shape index (κ3) is 2.76. The molecular weight excluding hydrogens is 334 g/mol. The van der Waals surface area contributed by atoms with E-state index >= 15 is 0 Å². The Bertz CT molecular complexity index is 746. The molecule has 0 spiro atoms. The summed E-state index contributed by atoms with van der Waals surface area (Å²) >= 11 is 1.52. The summed E-state index contributed by atoms with van der Waals surface area (Å²) in [6.07, 6.45) is 0. The van der Waals surface area contributed by atoms with Crippen molar-refractivity contribution in [2.45, 2.75) is 24.9 Å². The maximum atomic E-state index is 12.4. The number of ether oxygens (including phenoxy) is 1. The number of benzene rings is 1. The molecule has 9 heteroatoms. The number of carbonyl (C=O) groups excluding carboxylic acids is 2. The lowest BCUT2D eigenvalue weighted by Crippen LogP contribution is -2.68. The first-order valence-electron chi connectivity index (χ1n) is 7.20. The van der Waals surface area contributed by atoms with Crippen molar-refractivity contribution in [3.05, 3.63) is 51.2 Å². The predicted octanol–water partition coefficient (Wildman–Crippen LogP) is 1.15. The zero-order chi connectivity index (χ0) is 17.4. The molecule has 126 valence electrons. The van der Waals surface area contributed by atoms with E-state index in [0.29, 0.717) is 11.3 Å². The third-order valence-electron chi connectivity index (χ3n) is 3.91. The van der Waals surface area contributed by atoms with Crippen molar-refractivity contribution in [1.82, 2.24) is 4.90 Å². The van der Waals surface area contributed by atoms with Gasteiger partial charge in [-0.2, -0.15) is 0 Å². The zero-order valence-electron chi connectivity index (χ0n) is 12.8. The molecule has 3 rings (SSSR count). The van der Waals surface area contributed by atoms with E-state index < -0.39 is 16.9 Å². The average molecular weight is 349 g/mol. The van der Waals surface area contributed by atoms with Gasteiger partial charge >= 0.3 is 5.97 Å². The molecule has 24 heavy (non-hydrogen) atoms. The zero-order valence-corrected chi connectivity index (χ0v) is 13.6. The Labute approximate surface area is 141 Å². The number of nitrogens with two attached hydrogens (primary N) is 1. The quantitative estimate of drug-likeness (QED) is 0.375. The van der Waals surface area contributed by atoms with Gasteiger partial charge in [-0.15, -0.1) is 11.8 Å². The van der Waals surface area contributed by atoms with Gasteiger partial charge in [0.05, 0.1) is 4.92 Å². The van der Waals surface area contributed by atoms with Crippen molar-refractivity contribution in [1.29, 1.82) is 0 Å². The molecule has 0 radical (unpaired) electrons. The van der Waals surface area contributed by atoms with Gasteiger partial charge in [0.15, 0.2) is 0 Å². The maximum Gasteiger partial charge on any atom is 0.355 e. The smallest absolute Gasteiger partial charge is 0.355 e. The van der Waals surface area contributed by atoms with Crippen molar-refractivity contribution in [2.75, 3.05) is 5.75 Å². The first-order valence-corrected chi connectivity index (χ1v) is 8.25. The highest BCUT2D eigenvalue weighted by atomic mass is 32.2. The minimum atomic E-state index is -0.587. The topological polar surface area (TPSA) is 116 Å². The molecule has 0 aliphatic carbocycles. The standard InChI is InChI=1S/C15H15N3O5S/c1-8-7-24-14-11(16)13(19)17(14)12(8)15(20)23-6-9-2-4-10(5-3-9)18(21)22/h2-5,11,14H,6-7,16H2,1H3/t11-,14+/m1/s1. The largest absolute Gasteiger partial charge is 0.456 e. The van der Waals surface area contributed by atoms with Crippen LogP contribution in [0.5, 0.6) is 0 Å². The van der Waals surface area contributed by atoms with Gasteiger partial charge in [0.2, 0.25) is 5.91 Å². The van der Waals surface area contributed by atoms with Crippen LogP contribution >= 0.6 is 11.8 Å². The number of rotatable bonds is 4. The lowest BCUT2D eigenvalue weighted by atomic mass is 10.0. The number of non-ortho nitro benzene ring substituents is 1. The van der Waals surface area contributed by atoms with E-state index in [1.807, 2.05) is 0 Å². The molecule has 1 fully saturated rings. The molecule has 2 aliphatic heterocycles. The number of nitrogens with zero attached hydrogens (tertiary/aromatic N) is 2. The van der Waals surface area contributed by atoms with Gasteiger partial charge < -0.3 is 10.5 Å². The summed E-state index contributed by atoms with van der Waals surface area (Å²) < 4.78 is 5.26. The molecule has 8 nitrogen and oxygen atoms in total. The SMILES string of the molecule is CC1=C(C(=O)OCc2ccc([N+](=O)[O-])cc2)N2C(=O)[C@@H](N)[C@@H]2SC1. The monoisotopic (exact) mass is 349 g/mol. The summed E-state index contributed by atoms with van der Waals surface area (Å²) in [5.74, 6) is -0.255. The minimum Gasteiger partial charge on any atom is -0.456 e. The number of hydrogen-bond donors (Lipinski definition) is 1. The van der Waals surface area contributed by atoms with Crippen LogP contribution in [0.3, 0.4) is 0 Å². The molecule has 0 bridgehead atoms. The van der Waals surface area contributed by atoms with Gasteiger partial charge in [-0.25, -0.2) is 4.79 Å². The fourth-order valence-electron chi connectivity index (χ4n) is 2.59. The number of esters is 1. The second-order valence-corrected chi connectivity index (χ2v) is 6.67. The Hall–Kier alpha value is -2.39. The highest BCUT2D eigenvalue weighted by molar-refractivity contribution is 8.00. The van der Waals surface area contributed by atoms with Crippen molar-refractivity contribution in [3.8, 4) is 0 Å². The number of carbonyl (C=O) groups is 2. The Morgan fingerprint density at radius 3 is 2.75 bits per heavy atom. The van der Waals surface area contributed by atoms with E-state index in [9.17, 15) is 19.7 Å². The number of nitro groups is 1. The third-order valence-corrected chi connectivity index (χ3v) is 5.36. The Kier molecular flexibility index (Phi) is 4.29. The van der Waals surface area contributed by atoms with E-state index in [1.54, 1.807) is 6.92 Å². The van der Waals surface area contributed by atoms with Crippen molar-refractivity contribution in [2.24, 2.45) is 5.73 Å². The van der Waals surface area contributed by atoms with E-state index in [4.69, 9.17) is 10.5 Å². The summed E-state index contributed by atoms with van der Waals surface area (Å²) in [6, 6.07) is 5.16. The number of hydrogen-bond acceptors (Lipinski definition) is 7. The molecule has 0 aromatic heterocycles. The van der Waals surface area contributed by atoms with Crippen LogP contribution in [0.2, 0.25) is 0 Å². The normalized spacial score (nSPS) is 22.8. The van der Waals surface area contributed by atoms with Crippen LogP contribution in [0.4, 0.5) is 5.69 Å². The molecule has 2 atom stereocenters. The summed E-state index contributed by atoms with van der Waals surface area (Å²) in [4.78, 5) is 35.8. The molecule has 0 unspecified atom stereocenters. The summed E-state index contributed by atoms with van der Waals surface area (Å²) in [5, 5.41) is 10.4. The fourth-order valence-corrected chi connectivity index (χ4v) is 3.83. The second-order valence-electron chi connectivity index (χ2n) is 5.56. The van der Waals surface area contributed by atoms with E-state index in [2.05, 4.69) is 0 Å². The molecule has 1 amide bonds. The van der Waals surface area contributed by atoms with E-state index in [-0.39, 0.29) is 29.3 Å². The summed E-state index contributed by atoms with van der Waals surface area (Å²) in [5.41, 5.74) is 7.37. The minimum absolute atomic E-state index is 0.0283. The number of β-lactam (4-membered cyclic amide) rings is 1. The second kappa shape index (κ2) is 6.25. The molecule has 1 saturated heterocycles. The first-order chi connectivity index (χ1) is 11.4. The number of thioether (sulfide) groups is 1. The van der Waals surface area contributed by atoms with Gasteiger partial charge in [-0.3, -0.25) is 19.8 Å². The number of nitro benzene ring substituents is 1. The Morgan fingerprint density at radius 1 is 1.46 bits per heavy atom. The first kappa shape index (κ1) is 16.5. The lowest BCUT2D eigenvalue weighted by Gasteiger charge is -2.48. The van der Waals surface area contributed by atoms with Crippen LogP contribution in [0.15, 0.2) is 35.5 Å². The summed E-state index contributed by atoms with van der Waals surface area (Å²) in [7, 11) is 0. The van der Waals surface area contributed by atoms with Gasteiger partial charge in [0.25, 0.3) is 5.69 Å². The van der Waals surface area contributed by atoms with Gasteiger partial charge in [0, 0.05) is 17.9 Å².